The van der Waals surface area contributed by atoms with E-state index in [1.54, 1.807) is 0 Å². The second kappa shape index (κ2) is 6.84. The number of rotatable bonds is 5. The second-order valence-corrected chi connectivity index (χ2v) is 4.29. The lowest BCUT2D eigenvalue weighted by molar-refractivity contribution is 0.311. The van der Waals surface area contributed by atoms with Crippen LogP contribution in [0.4, 0.5) is 0 Å². The van der Waals surface area contributed by atoms with Gasteiger partial charge in [-0.15, -0.1) is 0 Å². The van der Waals surface area contributed by atoms with Crippen molar-refractivity contribution in [2.75, 3.05) is 6.54 Å². The molecule has 0 saturated heterocycles. The lowest BCUT2D eigenvalue weighted by atomic mass is 9.85. The molecule has 2 atom stereocenters. The average molecular weight is 194 g/mol. The van der Waals surface area contributed by atoms with Crippen molar-refractivity contribution in [1.82, 2.24) is 5.32 Å². The monoisotopic (exact) mass is 194 g/mol. The fourth-order valence-corrected chi connectivity index (χ4v) is 2.19. The molecule has 0 aromatic rings. The van der Waals surface area contributed by atoms with Crippen LogP contribution in [0.25, 0.3) is 0 Å². The van der Waals surface area contributed by atoms with Gasteiger partial charge in [-0.1, -0.05) is 32.6 Å². The van der Waals surface area contributed by atoms with Crippen LogP contribution in [0.1, 0.15) is 51.9 Å². The molecule has 0 radical (unpaired) electrons. The Hall–Kier alpha value is -0.550. The summed E-state index contributed by atoms with van der Waals surface area (Å²) in [5, 5.41) is 12.5. The molecule has 1 rings (SSSR count). The molecular weight excluding hydrogens is 172 g/mol. The molecule has 0 aliphatic heterocycles. The SMILES string of the molecule is CCCCCNC1CCCCC1C#N. The molecule has 1 fully saturated rings. The number of nitrogens with zero attached hydrogens (tertiary/aromatic N) is 1. The van der Waals surface area contributed by atoms with Gasteiger partial charge in [0, 0.05) is 6.04 Å². The van der Waals surface area contributed by atoms with Gasteiger partial charge >= 0.3 is 0 Å². The van der Waals surface area contributed by atoms with Gasteiger partial charge in [-0.2, -0.15) is 5.26 Å². The van der Waals surface area contributed by atoms with Crippen LogP contribution in [-0.4, -0.2) is 12.6 Å². The molecule has 0 heterocycles. The molecule has 2 nitrogen and oxygen atoms in total. The highest BCUT2D eigenvalue weighted by Crippen LogP contribution is 2.23. The quantitative estimate of drug-likeness (QED) is 0.683. The van der Waals surface area contributed by atoms with Crippen LogP contribution < -0.4 is 5.32 Å². The van der Waals surface area contributed by atoms with Crippen LogP contribution in [-0.2, 0) is 0 Å². The topological polar surface area (TPSA) is 35.8 Å². The van der Waals surface area contributed by atoms with Crippen LogP contribution in [0.15, 0.2) is 0 Å². The van der Waals surface area contributed by atoms with Crippen molar-refractivity contribution in [2.24, 2.45) is 5.92 Å². The standard InChI is InChI=1S/C12H22N2/c1-2-3-6-9-14-12-8-5-4-7-11(12)10-13/h11-12,14H,2-9H2,1H3. The summed E-state index contributed by atoms with van der Waals surface area (Å²) in [7, 11) is 0. The summed E-state index contributed by atoms with van der Waals surface area (Å²) in [5.41, 5.74) is 0. The van der Waals surface area contributed by atoms with Gasteiger partial charge in [0.1, 0.15) is 0 Å². The van der Waals surface area contributed by atoms with E-state index in [9.17, 15) is 0 Å². The smallest absolute Gasteiger partial charge is 0.0672 e. The average Bonchev–Trinajstić information content (AvgIpc) is 2.25. The van der Waals surface area contributed by atoms with Crippen molar-refractivity contribution in [2.45, 2.75) is 57.9 Å². The zero-order chi connectivity index (χ0) is 10.2. The molecule has 2 heteroatoms. The molecule has 80 valence electrons. The van der Waals surface area contributed by atoms with E-state index < -0.39 is 0 Å². The van der Waals surface area contributed by atoms with Gasteiger partial charge in [0.15, 0.2) is 0 Å². The van der Waals surface area contributed by atoms with Gasteiger partial charge < -0.3 is 5.32 Å². The minimum atomic E-state index is 0.269. The van der Waals surface area contributed by atoms with Crippen LogP contribution in [0.3, 0.4) is 0 Å². The number of nitriles is 1. The van der Waals surface area contributed by atoms with Gasteiger partial charge in [-0.25, -0.2) is 0 Å². The maximum absolute atomic E-state index is 8.97. The maximum Gasteiger partial charge on any atom is 0.0672 e. The number of nitrogens with one attached hydrogen (secondary N) is 1. The molecule has 0 spiro atoms. The first kappa shape index (κ1) is 11.5. The Kier molecular flexibility index (Phi) is 5.63. The molecular formula is C12H22N2. The number of unbranched alkanes of at least 4 members (excludes halogenated alkanes) is 2. The van der Waals surface area contributed by atoms with Crippen molar-refractivity contribution in [3.63, 3.8) is 0 Å². The summed E-state index contributed by atoms with van der Waals surface area (Å²) in [6, 6.07) is 2.91. The summed E-state index contributed by atoms with van der Waals surface area (Å²) in [4.78, 5) is 0. The largest absolute Gasteiger partial charge is 0.313 e. The predicted octanol–water partition coefficient (Wildman–Crippen LogP) is 2.85. The first-order valence-corrected chi connectivity index (χ1v) is 6.01. The fourth-order valence-electron chi connectivity index (χ4n) is 2.19. The van der Waals surface area contributed by atoms with Crippen LogP contribution in [0, 0.1) is 17.2 Å². The van der Waals surface area contributed by atoms with Crippen molar-refractivity contribution < 1.29 is 0 Å². The van der Waals surface area contributed by atoms with Crippen LogP contribution >= 0.6 is 0 Å². The van der Waals surface area contributed by atoms with E-state index in [2.05, 4.69) is 18.3 Å². The molecule has 0 aromatic heterocycles. The molecule has 0 aromatic carbocycles. The van der Waals surface area contributed by atoms with Crippen molar-refractivity contribution in [3.05, 3.63) is 0 Å². The minimum absolute atomic E-state index is 0.269. The molecule has 1 aliphatic carbocycles. The Morgan fingerprint density at radius 1 is 1.29 bits per heavy atom. The molecule has 2 unspecified atom stereocenters. The minimum Gasteiger partial charge on any atom is -0.313 e. The summed E-state index contributed by atoms with van der Waals surface area (Å²) < 4.78 is 0. The Balaban J connectivity index is 2.17. The molecule has 0 amide bonds. The van der Waals surface area contributed by atoms with E-state index in [1.807, 2.05) is 0 Å². The zero-order valence-electron chi connectivity index (χ0n) is 9.26. The summed E-state index contributed by atoms with van der Waals surface area (Å²) in [5.74, 6) is 0.269. The lowest BCUT2D eigenvalue weighted by Crippen LogP contribution is -2.38. The Labute approximate surface area is 87.7 Å². The van der Waals surface area contributed by atoms with Crippen molar-refractivity contribution in [3.8, 4) is 6.07 Å². The maximum atomic E-state index is 8.97. The Morgan fingerprint density at radius 3 is 2.79 bits per heavy atom. The summed E-state index contributed by atoms with van der Waals surface area (Å²) in [6.07, 6.45) is 8.66. The van der Waals surface area contributed by atoms with Crippen molar-refractivity contribution in [1.29, 1.82) is 5.26 Å². The summed E-state index contributed by atoms with van der Waals surface area (Å²) in [6.45, 7) is 3.31. The third-order valence-corrected chi connectivity index (χ3v) is 3.12. The highest BCUT2D eigenvalue weighted by Gasteiger charge is 2.23. The van der Waals surface area contributed by atoms with Crippen LogP contribution in [0.5, 0.6) is 0 Å². The lowest BCUT2D eigenvalue weighted by Gasteiger charge is -2.27. The first-order valence-electron chi connectivity index (χ1n) is 6.01. The molecule has 14 heavy (non-hydrogen) atoms. The Bertz CT molecular complexity index is 183. The van der Waals surface area contributed by atoms with Gasteiger partial charge in [0.25, 0.3) is 0 Å². The zero-order valence-corrected chi connectivity index (χ0v) is 9.26. The van der Waals surface area contributed by atoms with E-state index in [1.165, 1.54) is 38.5 Å². The van der Waals surface area contributed by atoms with E-state index in [0.717, 1.165) is 13.0 Å². The van der Waals surface area contributed by atoms with Gasteiger partial charge in [-0.05, 0) is 25.8 Å². The predicted molar refractivity (Wildman–Crippen MR) is 58.9 cm³/mol. The van der Waals surface area contributed by atoms with Crippen molar-refractivity contribution >= 4 is 0 Å². The van der Waals surface area contributed by atoms with Gasteiger partial charge in [0.05, 0.1) is 12.0 Å². The normalized spacial score (nSPS) is 27.1. The number of hydrogen-bond acceptors (Lipinski definition) is 2. The second-order valence-electron chi connectivity index (χ2n) is 4.29. The third kappa shape index (κ3) is 3.67. The van der Waals surface area contributed by atoms with E-state index in [0.29, 0.717) is 6.04 Å². The fraction of sp³-hybridized carbons (Fsp3) is 0.917. The highest BCUT2D eigenvalue weighted by atomic mass is 14.9. The summed E-state index contributed by atoms with van der Waals surface area (Å²) >= 11 is 0. The molecule has 0 bridgehead atoms. The van der Waals surface area contributed by atoms with E-state index in [-0.39, 0.29) is 5.92 Å². The van der Waals surface area contributed by atoms with Gasteiger partial charge in [0.2, 0.25) is 0 Å². The van der Waals surface area contributed by atoms with E-state index in [4.69, 9.17) is 5.26 Å². The molecule has 1 saturated carbocycles. The van der Waals surface area contributed by atoms with E-state index >= 15 is 0 Å². The van der Waals surface area contributed by atoms with Gasteiger partial charge in [-0.3, -0.25) is 0 Å². The third-order valence-electron chi connectivity index (χ3n) is 3.12. The Morgan fingerprint density at radius 2 is 2.07 bits per heavy atom. The van der Waals surface area contributed by atoms with Crippen LogP contribution in [0.2, 0.25) is 0 Å². The molecule has 1 aliphatic rings. The molecule has 1 N–H and O–H groups in total. The highest BCUT2D eigenvalue weighted by molar-refractivity contribution is 4.94. The first-order chi connectivity index (χ1) is 6.88. The number of hydrogen-bond donors (Lipinski definition) is 1.